The molecule has 0 spiro atoms. The summed E-state index contributed by atoms with van der Waals surface area (Å²) in [6, 6.07) is 15.9. The average Bonchev–Trinajstić information content (AvgIpc) is 3.09. The Morgan fingerprint density at radius 2 is 1.56 bits per heavy atom. The largest absolute Gasteiger partial charge is 0.368 e. The van der Waals surface area contributed by atoms with Gasteiger partial charge in [0.25, 0.3) is 17.7 Å². The number of amides is 3. The van der Waals surface area contributed by atoms with E-state index in [0.717, 1.165) is 10.6 Å². The summed E-state index contributed by atoms with van der Waals surface area (Å²) in [5, 5.41) is 0. The average molecular weight is 430 g/mol. The van der Waals surface area contributed by atoms with Crippen LogP contribution in [-0.4, -0.2) is 53.8 Å². The SMILES string of the molecule is O=C(c1ccc2c(c1)C(=O)N(c1ccccn1)C2=O)N1CCN(c2ccc(F)cc2)CC1. The highest BCUT2D eigenvalue weighted by molar-refractivity contribution is 6.34. The lowest BCUT2D eigenvalue weighted by atomic mass is 10.0. The Hall–Kier alpha value is -4.07. The minimum Gasteiger partial charge on any atom is -0.368 e. The number of hydrogen-bond acceptors (Lipinski definition) is 5. The summed E-state index contributed by atoms with van der Waals surface area (Å²) in [4.78, 5) is 47.6. The van der Waals surface area contributed by atoms with E-state index in [1.54, 1.807) is 41.3 Å². The third kappa shape index (κ3) is 3.39. The molecule has 0 atom stereocenters. The molecule has 5 rings (SSSR count). The quantitative estimate of drug-likeness (QED) is 0.598. The fraction of sp³-hybridized carbons (Fsp3) is 0.167. The predicted octanol–water partition coefficient (Wildman–Crippen LogP) is 2.98. The van der Waals surface area contributed by atoms with Gasteiger partial charge in [0.2, 0.25) is 0 Å². The van der Waals surface area contributed by atoms with Gasteiger partial charge < -0.3 is 9.80 Å². The lowest BCUT2D eigenvalue weighted by molar-refractivity contribution is 0.0746. The molecule has 1 aromatic heterocycles. The van der Waals surface area contributed by atoms with E-state index < -0.39 is 11.8 Å². The molecule has 32 heavy (non-hydrogen) atoms. The molecule has 8 heteroatoms. The Morgan fingerprint density at radius 3 is 2.25 bits per heavy atom. The van der Waals surface area contributed by atoms with Crippen molar-refractivity contribution in [2.45, 2.75) is 0 Å². The fourth-order valence-corrected chi connectivity index (χ4v) is 4.07. The molecule has 2 aliphatic heterocycles. The molecule has 3 aromatic rings. The van der Waals surface area contributed by atoms with Crippen molar-refractivity contribution >= 4 is 29.2 Å². The number of aromatic nitrogens is 1. The number of halogens is 1. The minimum absolute atomic E-state index is 0.192. The number of fused-ring (bicyclic) bond motifs is 1. The zero-order valence-electron chi connectivity index (χ0n) is 17.1. The summed E-state index contributed by atoms with van der Waals surface area (Å²) < 4.78 is 13.2. The van der Waals surface area contributed by atoms with Crippen LogP contribution in [-0.2, 0) is 0 Å². The second kappa shape index (κ2) is 7.88. The standard InChI is InChI=1S/C24H19FN4O3/c25-17-5-7-18(8-6-17)27-11-13-28(14-12-27)22(30)16-4-9-19-20(15-16)24(32)29(23(19)31)21-3-1-2-10-26-21/h1-10,15H,11-14H2. The van der Waals surface area contributed by atoms with Crippen molar-refractivity contribution in [2.24, 2.45) is 0 Å². The van der Waals surface area contributed by atoms with Crippen LogP contribution < -0.4 is 9.80 Å². The number of benzene rings is 2. The molecule has 7 nitrogen and oxygen atoms in total. The molecular formula is C24H19FN4O3. The molecule has 3 heterocycles. The fourth-order valence-electron chi connectivity index (χ4n) is 4.07. The highest BCUT2D eigenvalue weighted by atomic mass is 19.1. The first-order valence-corrected chi connectivity index (χ1v) is 10.3. The van der Waals surface area contributed by atoms with Gasteiger partial charge in [0.05, 0.1) is 11.1 Å². The Labute approximate surface area is 183 Å². The molecule has 1 fully saturated rings. The van der Waals surface area contributed by atoms with Crippen molar-refractivity contribution in [3.63, 3.8) is 0 Å². The molecule has 2 aromatic carbocycles. The van der Waals surface area contributed by atoms with Gasteiger partial charge in [-0.25, -0.2) is 14.3 Å². The van der Waals surface area contributed by atoms with Crippen LogP contribution in [0.3, 0.4) is 0 Å². The van der Waals surface area contributed by atoms with E-state index in [0.29, 0.717) is 31.7 Å². The number of piperazine rings is 1. The number of carbonyl (C=O) groups is 3. The molecule has 160 valence electrons. The molecule has 0 bridgehead atoms. The van der Waals surface area contributed by atoms with E-state index in [-0.39, 0.29) is 28.7 Å². The van der Waals surface area contributed by atoms with Gasteiger partial charge in [-0.1, -0.05) is 6.07 Å². The van der Waals surface area contributed by atoms with Crippen molar-refractivity contribution in [3.05, 3.63) is 89.4 Å². The zero-order valence-corrected chi connectivity index (χ0v) is 17.1. The van der Waals surface area contributed by atoms with E-state index in [1.165, 1.54) is 30.5 Å². The molecule has 0 radical (unpaired) electrons. The van der Waals surface area contributed by atoms with Gasteiger partial charge in [-0.2, -0.15) is 0 Å². The van der Waals surface area contributed by atoms with Gasteiger partial charge in [-0.15, -0.1) is 0 Å². The molecule has 3 amide bonds. The minimum atomic E-state index is -0.487. The van der Waals surface area contributed by atoms with E-state index in [4.69, 9.17) is 0 Å². The van der Waals surface area contributed by atoms with Crippen LogP contribution in [0.5, 0.6) is 0 Å². The summed E-state index contributed by atoms with van der Waals surface area (Å²) in [7, 11) is 0. The molecular weight excluding hydrogens is 411 g/mol. The monoisotopic (exact) mass is 430 g/mol. The van der Waals surface area contributed by atoms with Gasteiger partial charge in [0, 0.05) is 43.6 Å². The highest BCUT2D eigenvalue weighted by Crippen LogP contribution is 2.28. The molecule has 0 saturated carbocycles. The van der Waals surface area contributed by atoms with Gasteiger partial charge in [-0.05, 0) is 54.6 Å². The number of rotatable bonds is 3. The van der Waals surface area contributed by atoms with E-state index in [2.05, 4.69) is 9.88 Å². The van der Waals surface area contributed by atoms with Crippen LogP contribution in [0.1, 0.15) is 31.1 Å². The second-order valence-corrected chi connectivity index (χ2v) is 7.65. The summed E-state index contributed by atoms with van der Waals surface area (Å²) in [6.07, 6.45) is 1.51. The molecule has 0 aliphatic carbocycles. The first-order chi connectivity index (χ1) is 15.5. The van der Waals surface area contributed by atoms with Crippen molar-refractivity contribution in [1.29, 1.82) is 0 Å². The summed E-state index contributed by atoms with van der Waals surface area (Å²) in [5.74, 6) is -1.16. The first kappa shape index (κ1) is 19.9. The maximum Gasteiger partial charge on any atom is 0.267 e. The lowest BCUT2D eigenvalue weighted by Gasteiger charge is -2.36. The normalized spacial score (nSPS) is 15.8. The van der Waals surface area contributed by atoms with Crippen LogP contribution in [0.2, 0.25) is 0 Å². The molecule has 2 aliphatic rings. The predicted molar refractivity (Wildman–Crippen MR) is 116 cm³/mol. The Morgan fingerprint density at radius 1 is 0.844 bits per heavy atom. The third-order valence-corrected chi connectivity index (χ3v) is 5.77. The summed E-state index contributed by atoms with van der Waals surface area (Å²) >= 11 is 0. The highest BCUT2D eigenvalue weighted by Gasteiger charge is 2.38. The number of imide groups is 1. The molecule has 1 saturated heterocycles. The zero-order chi connectivity index (χ0) is 22.2. The van der Waals surface area contributed by atoms with Crippen molar-refractivity contribution in [1.82, 2.24) is 9.88 Å². The van der Waals surface area contributed by atoms with Crippen molar-refractivity contribution in [2.75, 3.05) is 36.0 Å². The Kier molecular flexibility index (Phi) is 4.89. The summed E-state index contributed by atoms with van der Waals surface area (Å²) in [6.45, 7) is 2.24. The topological polar surface area (TPSA) is 73.8 Å². The van der Waals surface area contributed by atoms with Gasteiger partial charge in [0.15, 0.2) is 0 Å². The van der Waals surface area contributed by atoms with Crippen LogP contribution in [0.4, 0.5) is 15.9 Å². The van der Waals surface area contributed by atoms with Gasteiger partial charge in [-0.3, -0.25) is 14.4 Å². The number of anilines is 2. The number of nitrogens with zero attached hydrogens (tertiary/aromatic N) is 4. The van der Waals surface area contributed by atoms with Crippen molar-refractivity contribution < 1.29 is 18.8 Å². The van der Waals surface area contributed by atoms with Crippen LogP contribution >= 0.6 is 0 Å². The Balaban J connectivity index is 1.32. The summed E-state index contributed by atoms with van der Waals surface area (Å²) in [5.41, 5.74) is 1.74. The van der Waals surface area contributed by atoms with Crippen molar-refractivity contribution in [3.8, 4) is 0 Å². The molecule has 0 unspecified atom stereocenters. The lowest BCUT2D eigenvalue weighted by Crippen LogP contribution is -2.48. The van der Waals surface area contributed by atoms with Crippen LogP contribution in [0.25, 0.3) is 0 Å². The maximum atomic E-state index is 13.2. The maximum absolute atomic E-state index is 13.2. The number of pyridine rings is 1. The van der Waals surface area contributed by atoms with Crippen LogP contribution in [0, 0.1) is 5.82 Å². The second-order valence-electron chi connectivity index (χ2n) is 7.65. The molecule has 0 N–H and O–H groups in total. The van der Waals surface area contributed by atoms with Gasteiger partial charge in [0.1, 0.15) is 11.6 Å². The van der Waals surface area contributed by atoms with Gasteiger partial charge >= 0.3 is 0 Å². The van der Waals surface area contributed by atoms with E-state index in [1.807, 2.05) is 0 Å². The van der Waals surface area contributed by atoms with Crippen LogP contribution in [0.15, 0.2) is 66.9 Å². The van der Waals surface area contributed by atoms with E-state index in [9.17, 15) is 18.8 Å². The van der Waals surface area contributed by atoms with E-state index >= 15 is 0 Å². The smallest absolute Gasteiger partial charge is 0.267 e. The number of hydrogen-bond donors (Lipinski definition) is 0. The first-order valence-electron chi connectivity index (χ1n) is 10.3. The Bertz CT molecular complexity index is 1210. The number of carbonyl (C=O) groups excluding carboxylic acids is 3. The third-order valence-electron chi connectivity index (χ3n) is 5.77.